The van der Waals surface area contributed by atoms with Gasteiger partial charge in [-0.2, -0.15) is 0 Å². The maximum Gasteiger partial charge on any atom is 0.246 e. The molecule has 2 rings (SSSR count). The summed E-state index contributed by atoms with van der Waals surface area (Å²) in [4.78, 5) is 183. The zero-order valence-electron chi connectivity index (χ0n) is 60.7. The lowest BCUT2D eigenvalue weighted by Gasteiger charge is -2.41. The van der Waals surface area contributed by atoms with Crippen LogP contribution in [0.15, 0.2) is 30.3 Å². The molecule has 1 aliphatic rings. The highest BCUT2D eigenvalue weighted by atomic mass is 32.2. The zero-order chi connectivity index (χ0) is 72.1. The average molecular weight is 1340 g/mol. The third-order valence-electron chi connectivity index (χ3n) is 17.6. The van der Waals surface area contributed by atoms with Gasteiger partial charge in [-0.3, -0.25) is 57.5 Å². The summed E-state index contributed by atoms with van der Waals surface area (Å²) >= 11 is 1.17. The van der Waals surface area contributed by atoms with Crippen LogP contribution in [0.5, 0.6) is 0 Å². The van der Waals surface area contributed by atoms with E-state index < -0.39 is 156 Å². The van der Waals surface area contributed by atoms with Crippen LogP contribution in [0, 0.1) is 41.4 Å². The molecule has 0 aromatic heterocycles. The molecule has 1 heterocycles. The van der Waals surface area contributed by atoms with E-state index in [4.69, 9.17) is 0 Å². The van der Waals surface area contributed by atoms with Crippen molar-refractivity contribution in [2.24, 2.45) is 41.4 Å². The van der Waals surface area contributed by atoms with Gasteiger partial charge in [-0.1, -0.05) is 139 Å². The van der Waals surface area contributed by atoms with Crippen molar-refractivity contribution in [3.8, 4) is 0 Å². The van der Waals surface area contributed by atoms with E-state index in [0.717, 1.165) is 15.4 Å². The quantitative estimate of drug-likeness (QED) is 0.123. The van der Waals surface area contributed by atoms with Crippen molar-refractivity contribution in [3.63, 3.8) is 0 Å². The van der Waals surface area contributed by atoms with Crippen molar-refractivity contribution >= 4 is 81.9 Å². The number of likely N-dealkylation sites (N-methyl/N-ethyl adjacent to an activating group) is 7. The van der Waals surface area contributed by atoms with Gasteiger partial charge in [-0.05, 0) is 106 Å². The van der Waals surface area contributed by atoms with Gasteiger partial charge in [0.2, 0.25) is 65.0 Å². The summed E-state index contributed by atoms with van der Waals surface area (Å²) in [6, 6.07) is -3.15. The lowest BCUT2D eigenvalue weighted by molar-refractivity contribution is -0.157. The summed E-state index contributed by atoms with van der Waals surface area (Å²) in [5.41, 5.74) is 0.980. The number of nitrogens with zero attached hydrogens (tertiary/aromatic N) is 7. The van der Waals surface area contributed by atoms with Crippen molar-refractivity contribution in [2.75, 3.05) is 55.9 Å². The Balaban J connectivity index is 2.95. The van der Waals surface area contributed by atoms with Crippen LogP contribution < -0.4 is 21.3 Å². The van der Waals surface area contributed by atoms with E-state index in [-0.39, 0.29) is 73.7 Å². The van der Waals surface area contributed by atoms with E-state index in [1.807, 2.05) is 85.7 Å². The Morgan fingerprint density at radius 3 is 1.44 bits per heavy atom. The molecule has 25 heteroatoms. The second-order valence-corrected chi connectivity index (χ2v) is 29.4. The Hall–Kier alpha value is -6.63. The molecule has 12 atom stereocenters. The molecule has 1 fully saturated rings. The van der Waals surface area contributed by atoms with E-state index in [2.05, 4.69) is 21.3 Å². The predicted octanol–water partition coefficient (Wildman–Crippen LogP) is 4.93. The minimum atomic E-state index is -1.70. The molecule has 1 aromatic rings. The van der Waals surface area contributed by atoms with Crippen LogP contribution in [0.1, 0.15) is 168 Å². The Morgan fingerprint density at radius 2 is 0.947 bits per heavy atom. The van der Waals surface area contributed by atoms with Gasteiger partial charge in [0.1, 0.15) is 60.4 Å². The Bertz CT molecular complexity index is 2730. The summed E-state index contributed by atoms with van der Waals surface area (Å²) in [6.45, 7) is 27.4. The molecule has 0 saturated carbocycles. The summed E-state index contributed by atoms with van der Waals surface area (Å²) in [5.74, 6) is -9.73. The van der Waals surface area contributed by atoms with E-state index in [9.17, 15) is 43.5 Å². The highest BCUT2D eigenvalue weighted by Gasteiger charge is 2.46. The molecule has 0 aliphatic carbocycles. The predicted molar refractivity (Wildman–Crippen MR) is 366 cm³/mol. The fourth-order valence-corrected chi connectivity index (χ4v) is 12.5. The van der Waals surface area contributed by atoms with Gasteiger partial charge in [0.05, 0.1) is 12.6 Å². The third kappa shape index (κ3) is 24.2. The van der Waals surface area contributed by atoms with Crippen molar-refractivity contribution in [3.05, 3.63) is 35.9 Å². The minimum absolute atomic E-state index is 0.0146. The number of hydrogen-bond acceptors (Lipinski definition) is 14. The number of aliphatic hydroxyl groups excluding tert-OH is 1. The summed E-state index contributed by atoms with van der Waals surface area (Å²) < 4.78 is 0. The number of thioether (sulfide) groups is 1. The van der Waals surface area contributed by atoms with Gasteiger partial charge in [0, 0.05) is 61.5 Å². The number of nitrogens with one attached hydrogen (secondary N) is 4. The second kappa shape index (κ2) is 38.8. The topological polar surface area (TPSA) is 296 Å². The maximum absolute atomic E-state index is 15.4. The number of carbonyl (C=O) groups is 12. The fourth-order valence-electron chi connectivity index (χ4n) is 11.7. The summed E-state index contributed by atoms with van der Waals surface area (Å²) in [7, 11) is 9.84. The fraction of sp³-hybridized carbons (Fsp3) is 0.739. The van der Waals surface area contributed by atoms with Crippen LogP contribution in [0.25, 0.3) is 0 Å². The number of carbonyl (C=O) groups excluding carboxylic acids is 12. The van der Waals surface area contributed by atoms with Crippen LogP contribution in [0.3, 0.4) is 0 Å². The molecular weight excluding hydrogens is 1220 g/mol. The number of benzene rings is 1. The van der Waals surface area contributed by atoms with E-state index in [1.54, 1.807) is 41.5 Å². The molecule has 0 spiro atoms. The normalized spacial score (nSPS) is 25.3. The van der Waals surface area contributed by atoms with Gasteiger partial charge in [0.15, 0.2) is 5.12 Å². The molecule has 0 unspecified atom stereocenters. The Labute approximate surface area is 565 Å². The number of hydrogen-bond donors (Lipinski definition) is 5. The molecule has 1 aliphatic heterocycles. The van der Waals surface area contributed by atoms with Crippen LogP contribution in [0.2, 0.25) is 0 Å². The highest BCUT2D eigenvalue weighted by molar-refractivity contribution is 8.12. The van der Waals surface area contributed by atoms with Crippen molar-refractivity contribution in [2.45, 2.75) is 234 Å². The van der Waals surface area contributed by atoms with Crippen molar-refractivity contribution in [1.82, 2.24) is 55.6 Å². The molecule has 1 saturated heterocycles. The lowest BCUT2D eigenvalue weighted by Crippen LogP contribution is -2.63. The maximum atomic E-state index is 15.4. The van der Waals surface area contributed by atoms with Crippen LogP contribution in [-0.4, -0.2) is 232 Å². The molecule has 1 aromatic carbocycles. The molecule has 0 bridgehead atoms. The number of amides is 11. The highest BCUT2D eigenvalue weighted by Crippen LogP contribution is 2.27. The summed E-state index contributed by atoms with van der Waals surface area (Å²) in [5, 5.41) is 23.3. The second-order valence-electron chi connectivity index (χ2n) is 28.3. The number of aliphatic hydroxyl groups is 1. The first kappa shape index (κ1) is 83.5. The first-order valence-corrected chi connectivity index (χ1v) is 34.5. The molecular formula is C69H117N11O13S. The van der Waals surface area contributed by atoms with Gasteiger partial charge in [-0.15, -0.1) is 0 Å². The van der Waals surface area contributed by atoms with Gasteiger partial charge in [-0.25, -0.2) is 0 Å². The molecule has 24 nitrogen and oxygen atoms in total. The molecule has 5 N–H and O–H groups in total. The third-order valence-corrected chi connectivity index (χ3v) is 18.6. The monoisotopic (exact) mass is 1340 g/mol. The molecule has 11 amide bonds. The standard InChI is InChI=1S/C69H117N11O13S/c1-24-49-65(89)74(17)37-54(81)75(18)50(33-39(2)3)62(86)73-56(43(10)11)68(92)76(19)51(34-40(4)5)61(85)70-46(15)60(84)71-47(16)64(88)77(20)52(35-41(6)7)66(90)78(21)53(36-42(8)9)67(91)79(22)57(44(12)13)69(93)80(23)58(63(87)72-49)59(83)45(14)29-28-32-55(82)94-38-48-30-26-25-27-31-48/h25-27,30-31,39-47,49-53,56-59,83H,24,28-29,32-38H2,1-23H3,(H,70,85)(H,71,84)(H,72,87)(H,73,86)/t45-,46+,47-,49+,50+,51+,52+,53+,56+,57+,58+,59-/m1/s1. The van der Waals surface area contributed by atoms with Gasteiger partial charge < -0.3 is 60.7 Å². The van der Waals surface area contributed by atoms with Crippen LogP contribution in [0.4, 0.5) is 0 Å². The summed E-state index contributed by atoms with van der Waals surface area (Å²) in [6.07, 6.45) is -0.346. The minimum Gasteiger partial charge on any atom is -0.390 e. The van der Waals surface area contributed by atoms with Crippen molar-refractivity contribution < 1.29 is 62.6 Å². The van der Waals surface area contributed by atoms with E-state index in [1.165, 1.54) is 99.4 Å². The van der Waals surface area contributed by atoms with Crippen LogP contribution >= 0.6 is 11.8 Å². The molecule has 94 heavy (non-hydrogen) atoms. The SMILES string of the molecule is CC[C@@H]1NC(=O)[C@H]([C@H](O)[C@H](C)CCCC(=O)SCc2ccccc2)N(C)C(=O)[C@H](C(C)C)N(C)C(=O)[C@H](CC(C)C)N(C)C(=O)[C@H](CC(C)C)N(C)C(=O)[C@@H](C)NC(=O)[C@H](C)NC(=O)[C@H](CC(C)C)N(C)C(=O)[C@H](C(C)C)NC(=O)[C@H](CC(C)C)N(C)C(=O)CN(C)C1=O. The van der Waals surface area contributed by atoms with E-state index >= 15 is 19.2 Å². The first-order chi connectivity index (χ1) is 43.6. The smallest absolute Gasteiger partial charge is 0.246 e. The molecule has 0 radical (unpaired) electrons. The Morgan fingerprint density at radius 1 is 0.500 bits per heavy atom. The Kier molecular flexibility index (Phi) is 34.5. The largest absolute Gasteiger partial charge is 0.390 e. The first-order valence-electron chi connectivity index (χ1n) is 33.6. The lowest BCUT2D eigenvalue weighted by atomic mass is 9.90. The number of rotatable bonds is 19. The van der Waals surface area contributed by atoms with Crippen LogP contribution in [-0.2, 0) is 63.3 Å². The van der Waals surface area contributed by atoms with Gasteiger partial charge in [0.25, 0.3) is 0 Å². The average Bonchev–Trinajstić information content (AvgIpc) is 0.836. The zero-order valence-corrected chi connectivity index (χ0v) is 61.6. The molecule has 532 valence electrons. The van der Waals surface area contributed by atoms with Gasteiger partial charge >= 0.3 is 0 Å². The van der Waals surface area contributed by atoms with Crippen molar-refractivity contribution in [1.29, 1.82) is 0 Å². The van der Waals surface area contributed by atoms with E-state index in [0.29, 0.717) is 12.2 Å².